The molecule has 0 heterocycles. The molecule has 0 aliphatic rings. The van der Waals surface area contributed by atoms with Crippen LogP contribution in [0.15, 0.2) is 0 Å². The lowest BCUT2D eigenvalue weighted by molar-refractivity contribution is -0.891. The van der Waals surface area contributed by atoms with Crippen molar-refractivity contribution in [2.75, 3.05) is 135 Å². The number of halogens is 1. The predicted octanol–water partition coefficient (Wildman–Crippen LogP) is 6.94. The number of hydrogen-bond donors (Lipinski definition) is 12. The Morgan fingerprint density at radius 3 is 0.528 bits per heavy atom. The molecule has 12 N–H and O–H groups in total. The molecule has 0 aromatic heterocycles. The van der Waals surface area contributed by atoms with Gasteiger partial charge in [0.25, 0.3) is 0 Å². The van der Waals surface area contributed by atoms with Crippen molar-refractivity contribution in [3.05, 3.63) is 0 Å². The summed E-state index contributed by atoms with van der Waals surface area (Å²) in [6.07, 6.45) is 48.7. The van der Waals surface area contributed by atoms with E-state index in [0.717, 1.165) is 147 Å². The number of aliphatic hydroxyl groups is 8. The van der Waals surface area contributed by atoms with E-state index in [2.05, 4.69) is 105 Å². The van der Waals surface area contributed by atoms with Crippen LogP contribution >= 0.6 is 7.82 Å². The second-order valence-corrected chi connectivity index (χ2v) is 33.1. The molecule has 0 rings (SSSR count). The number of carbonyl (C=O) groups excluding carboxylic acids is 4. The van der Waals surface area contributed by atoms with E-state index >= 15 is 0 Å². The fraction of sp³-hybridized carbons (Fsp3) is 0.950. The first kappa shape index (κ1) is 115. The standard InChI is InChI=1S/4C20H42N2O3.ClH.H3O4P/c4*1-4-5-6-7-8-9-10-11-12-14-19(23)21-16-13-17-22(2,3)18-15-20(24)25;;1-5(2,3)4/h4*20,24-25H,4-18H2,1-3H3;1H;(H3,1,2,3,4). The van der Waals surface area contributed by atoms with Gasteiger partial charge in [-0.1, -0.05) is 233 Å². The molecule has 0 saturated heterocycles. The Morgan fingerprint density at radius 1 is 0.264 bits per heavy atom. The molecule has 0 aliphatic carbocycles. The summed E-state index contributed by atoms with van der Waals surface area (Å²) in [5.74, 6) is 0.663. The van der Waals surface area contributed by atoms with Crippen LogP contribution in [0.3, 0.4) is 0 Å². The number of phosphoric acid groups is 1. The Hall–Kier alpha value is -2.20. The first-order valence-electron chi connectivity index (χ1n) is 42.0. The lowest BCUT2D eigenvalue weighted by atomic mass is 10.1. The number of rotatable bonds is 68. The maximum absolute atomic E-state index is 11.8. The number of aliphatic hydroxyl groups excluding tert-OH is 4. The van der Waals surface area contributed by atoms with Gasteiger partial charge in [-0.15, -0.1) is 0 Å². The molecular weight excluding hydrogens is 1400 g/mol. The number of carbonyl (C=O) groups is 4. The Bertz CT molecular complexity index is 1700. The normalized spacial score (nSPS) is 11.8. The van der Waals surface area contributed by atoms with Gasteiger partial charge in [-0.25, -0.2) is 0 Å². The van der Waals surface area contributed by atoms with Gasteiger partial charge < -0.3 is 112 Å². The number of nitrogens with zero attached hydrogens (tertiary/aromatic N) is 4. The monoisotopic (exact) mass is 1570 g/mol. The second-order valence-electron chi connectivity index (χ2n) is 32.2. The van der Waals surface area contributed by atoms with Gasteiger partial charge in [-0.05, 0) is 25.7 Å². The van der Waals surface area contributed by atoms with Gasteiger partial charge in [0.15, 0.2) is 25.2 Å². The molecule has 24 nitrogen and oxygen atoms in total. The Labute approximate surface area is 655 Å². The second kappa shape index (κ2) is 79.4. The fourth-order valence-corrected chi connectivity index (χ4v) is 12.0. The van der Waals surface area contributed by atoms with Crippen LogP contribution in [0.25, 0.3) is 0 Å². The van der Waals surface area contributed by atoms with Gasteiger partial charge in [-0.2, -0.15) is 7.82 Å². The van der Waals surface area contributed by atoms with Gasteiger partial charge in [0.2, 0.25) is 23.6 Å². The maximum atomic E-state index is 11.8. The summed E-state index contributed by atoms with van der Waals surface area (Å²) in [6.45, 7) is 18.4. The van der Waals surface area contributed by atoms with Crippen molar-refractivity contribution in [2.45, 2.75) is 361 Å². The fourth-order valence-electron chi connectivity index (χ4n) is 12.0. The highest BCUT2D eigenvalue weighted by Crippen LogP contribution is 2.16. The zero-order chi connectivity index (χ0) is 80.4. The van der Waals surface area contributed by atoms with Gasteiger partial charge in [0.1, 0.15) is 0 Å². The van der Waals surface area contributed by atoms with Crippen LogP contribution in [0.4, 0.5) is 0 Å². The third-order valence-electron chi connectivity index (χ3n) is 19.0. The number of amides is 4. The highest BCUT2D eigenvalue weighted by atomic mass is 35.5. The van der Waals surface area contributed by atoms with Gasteiger partial charge >= 0.3 is 0 Å². The van der Waals surface area contributed by atoms with E-state index in [1.54, 1.807) is 0 Å². The molecule has 640 valence electrons. The predicted molar refractivity (Wildman–Crippen MR) is 424 cm³/mol. The van der Waals surface area contributed by atoms with Crippen LogP contribution in [0, 0.1) is 0 Å². The average molecular weight is 1570 g/mol. The largest absolute Gasteiger partial charge is 1.00 e. The Morgan fingerprint density at radius 2 is 0.396 bits per heavy atom. The zero-order valence-corrected chi connectivity index (χ0v) is 71.8. The highest BCUT2D eigenvalue weighted by Gasteiger charge is 2.20. The minimum absolute atomic E-state index is 0. The number of quaternary nitrogens is 4. The van der Waals surface area contributed by atoms with Crippen LogP contribution in [0.2, 0.25) is 0 Å². The molecular formula is C80H172ClN8O16P. The highest BCUT2D eigenvalue weighted by molar-refractivity contribution is 7.40. The molecule has 0 bridgehead atoms. The minimum atomic E-state index is -5.39. The van der Waals surface area contributed by atoms with Gasteiger partial charge in [0.05, 0.1) is 109 Å². The molecule has 0 atom stereocenters. The molecule has 106 heavy (non-hydrogen) atoms. The van der Waals surface area contributed by atoms with Crippen LogP contribution in [-0.2, 0) is 23.7 Å². The number of unbranched alkanes of at least 4 members (excludes halogenated alkanes) is 32. The number of hydrogen-bond acceptors (Lipinski definition) is 16. The summed E-state index contributed by atoms with van der Waals surface area (Å²) in [7, 11) is 11.2. The summed E-state index contributed by atoms with van der Waals surface area (Å²) < 4.78 is 11.5. The quantitative estimate of drug-likeness (QED) is 0.0127. The smallest absolute Gasteiger partial charge is 0.219 e. The molecule has 0 unspecified atom stereocenters. The molecule has 0 aromatic carbocycles. The summed E-state index contributed by atoms with van der Waals surface area (Å²) >= 11 is 0. The Balaban J connectivity index is -0.000000306. The van der Waals surface area contributed by atoms with Gasteiger partial charge in [0, 0.05) is 103 Å². The van der Waals surface area contributed by atoms with E-state index in [-0.39, 0.29) is 36.0 Å². The molecule has 0 aliphatic heterocycles. The summed E-state index contributed by atoms with van der Waals surface area (Å²) in [6, 6.07) is 0. The van der Waals surface area contributed by atoms with Crippen LogP contribution in [0.1, 0.15) is 336 Å². The molecule has 0 fully saturated rings. The first-order valence-corrected chi connectivity index (χ1v) is 43.5. The van der Waals surface area contributed by atoms with Crippen LogP contribution < -0.4 is 48.4 Å². The molecule has 0 radical (unpaired) electrons. The van der Waals surface area contributed by atoms with Crippen molar-refractivity contribution in [3.8, 4) is 0 Å². The van der Waals surface area contributed by atoms with E-state index < -0.39 is 33.0 Å². The van der Waals surface area contributed by atoms with E-state index in [0.29, 0.717) is 77.5 Å². The number of nitrogens with one attached hydrogen (secondary N) is 4. The lowest BCUT2D eigenvalue weighted by Crippen LogP contribution is -3.00. The van der Waals surface area contributed by atoms with Crippen molar-refractivity contribution in [3.63, 3.8) is 0 Å². The van der Waals surface area contributed by atoms with Crippen molar-refractivity contribution >= 4 is 31.5 Å². The molecule has 0 aromatic rings. The summed E-state index contributed by atoms with van der Waals surface area (Å²) in [4.78, 5) is 72.9. The van der Waals surface area contributed by atoms with E-state index in [1.807, 2.05) is 0 Å². The molecule has 0 spiro atoms. The third-order valence-corrected chi connectivity index (χ3v) is 19.0. The zero-order valence-electron chi connectivity index (χ0n) is 70.2. The van der Waals surface area contributed by atoms with E-state index in [1.165, 1.54) is 180 Å². The van der Waals surface area contributed by atoms with Crippen molar-refractivity contribution in [2.24, 2.45) is 0 Å². The van der Waals surface area contributed by atoms with Crippen LogP contribution in [-0.4, -0.2) is 242 Å². The summed E-state index contributed by atoms with van der Waals surface area (Å²) in [5.41, 5.74) is 0. The first-order chi connectivity index (χ1) is 49.5. The SMILES string of the molecule is CCCCCCCCCCCC(=O)NCCC[N+](C)(C)CCC(O)O.CCCCCCCCCCCC(=O)NCCC[N+](C)(C)CCC(O)O.CCCCCCCCCCCC(=O)NCCC[N+](C)(C)CCC(O)O.CCCCCCCCCCCC(=O)NCCC[N+](C)(C)CCC(O)O.O=P([O-])([O-])[O-].[Cl-]. The van der Waals surface area contributed by atoms with Crippen molar-refractivity contribution in [1.82, 2.24) is 21.3 Å². The third kappa shape index (κ3) is 108. The molecule has 4 amide bonds. The topological polar surface area (TPSA) is 364 Å². The average Bonchev–Trinajstić information content (AvgIpc) is 0.956. The Kier molecular flexibility index (Phi) is 86.0. The molecule has 26 heteroatoms. The van der Waals surface area contributed by atoms with Crippen molar-refractivity contribution in [1.29, 1.82) is 0 Å². The minimum Gasteiger partial charge on any atom is -1.00 e. The van der Waals surface area contributed by atoms with Gasteiger partial charge in [-0.3, -0.25) is 19.2 Å². The lowest BCUT2D eigenvalue weighted by Gasteiger charge is -2.36. The molecule has 0 saturated carbocycles. The van der Waals surface area contributed by atoms with Crippen molar-refractivity contribution < 1.29 is 110 Å². The summed E-state index contributed by atoms with van der Waals surface area (Å²) in [5, 5.41) is 83.5. The maximum Gasteiger partial charge on any atom is 0.219 e. The van der Waals surface area contributed by atoms with E-state index in [9.17, 15) is 19.2 Å². The van der Waals surface area contributed by atoms with E-state index in [4.69, 9.17) is 60.1 Å². The van der Waals surface area contributed by atoms with Crippen LogP contribution in [0.5, 0.6) is 0 Å².